The molecule has 0 amide bonds. The third kappa shape index (κ3) is 4.29. The minimum Gasteiger partial charge on any atom is -0.457 e. The van der Waals surface area contributed by atoms with Gasteiger partial charge in [-0.05, 0) is 61.3 Å². The largest absolute Gasteiger partial charge is 0.457 e. The highest BCUT2D eigenvalue weighted by atomic mass is 79.9. The summed E-state index contributed by atoms with van der Waals surface area (Å²) in [5.41, 5.74) is 3.06. The summed E-state index contributed by atoms with van der Waals surface area (Å²) in [5, 5.41) is 3.18. The van der Waals surface area contributed by atoms with Gasteiger partial charge in [0.1, 0.15) is 17.3 Å². The molecule has 2 aromatic carbocycles. The van der Waals surface area contributed by atoms with Crippen LogP contribution in [0, 0.1) is 19.7 Å². The van der Waals surface area contributed by atoms with Crippen molar-refractivity contribution in [2.24, 2.45) is 0 Å². The number of ether oxygens (including phenoxy) is 1. The molecule has 2 aromatic rings. The van der Waals surface area contributed by atoms with Crippen LogP contribution >= 0.6 is 15.9 Å². The molecule has 0 radical (unpaired) electrons. The third-order valence-electron chi connectivity index (χ3n) is 3.16. The van der Waals surface area contributed by atoms with Crippen molar-refractivity contribution in [1.82, 2.24) is 5.32 Å². The van der Waals surface area contributed by atoms with Crippen LogP contribution < -0.4 is 10.1 Å². The highest BCUT2D eigenvalue weighted by Gasteiger charge is 2.06. The van der Waals surface area contributed by atoms with Crippen LogP contribution in [0.5, 0.6) is 11.5 Å². The van der Waals surface area contributed by atoms with Gasteiger partial charge in [0.25, 0.3) is 0 Å². The summed E-state index contributed by atoms with van der Waals surface area (Å²) in [4.78, 5) is 0. The Labute approximate surface area is 133 Å². The summed E-state index contributed by atoms with van der Waals surface area (Å²) in [6.45, 7) is 7.50. The number of rotatable bonds is 5. The maximum absolute atomic E-state index is 13.7. The predicted octanol–water partition coefficient (Wildman–Crippen LogP) is 5.11. The van der Waals surface area contributed by atoms with Crippen LogP contribution in [0.25, 0.3) is 0 Å². The number of halogens is 2. The van der Waals surface area contributed by atoms with E-state index in [2.05, 4.69) is 21.2 Å². The Hall–Kier alpha value is -1.39. The summed E-state index contributed by atoms with van der Waals surface area (Å²) in [5.74, 6) is 0.947. The maximum atomic E-state index is 13.7. The number of hydrogen-bond donors (Lipinski definition) is 1. The predicted molar refractivity (Wildman–Crippen MR) is 87.5 cm³/mol. The number of aryl methyl sites for hydroxylation is 2. The lowest BCUT2D eigenvalue weighted by molar-refractivity contribution is 0.474. The topological polar surface area (TPSA) is 21.3 Å². The Kier molecular flexibility index (Phi) is 5.37. The van der Waals surface area contributed by atoms with Crippen molar-refractivity contribution < 1.29 is 9.13 Å². The lowest BCUT2D eigenvalue weighted by Crippen LogP contribution is -2.11. The average molecular weight is 352 g/mol. The van der Waals surface area contributed by atoms with Crippen molar-refractivity contribution in [3.05, 3.63) is 57.3 Å². The molecule has 0 aliphatic heterocycles. The van der Waals surface area contributed by atoms with E-state index in [-0.39, 0.29) is 5.82 Å². The minimum absolute atomic E-state index is 0.286. The Morgan fingerprint density at radius 1 is 1.05 bits per heavy atom. The molecule has 21 heavy (non-hydrogen) atoms. The zero-order chi connectivity index (χ0) is 15.4. The Morgan fingerprint density at radius 2 is 1.67 bits per heavy atom. The van der Waals surface area contributed by atoms with Gasteiger partial charge < -0.3 is 10.1 Å². The van der Waals surface area contributed by atoms with Crippen molar-refractivity contribution in [1.29, 1.82) is 0 Å². The van der Waals surface area contributed by atoms with E-state index in [0.717, 1.165) is 27.7 Å². The first-order valence-electron chi connectivity index (χ1n) is 6.94. The van der Waals surface area contributed by atoms with Crippen molar-refractivity contribution in [3.8, 4) is 11.5 Å². The van der Waals surface area contributed by atoms with Crippen LogP contribution in [0.2, 0.25) is 0 Å². The number of nitrogens with one attached hydrogen (secondary N) is 1. The van der Waals surface area contributed by atoms with E-state index >= 15 is 0 Å². The summed E-state index contributed by atoms with van der Waals surface area (Å²) in [7, 11) is 0. The molecule has 0 saturated carbocycles. The Bertz CT molecular complexity index is 620. The van der Waals surface area contributed by atoms with E-state index in [0.29, 0.717) is 18.0 Å². The molecule has 1 N–H and O–H groups in total. The molecule has 0 bridgehead atoms. The summed E-state index contributed by atoms with van der Waals surface area (Å²) in [6.07, 6.45) is 0. The second-order valence-electron chi connectivity index (χ2n) is 5.05. The van der Waals surface area contributed by atoms with Gasteiger partial charge in [0.2, 0.25) is 0 Å². The normalized spacial score (nSPS) is 10.7. The first-order chi connectivity index (χ1) is 9.99. The first kappa shape index (κ1) is 16.0. The molecule has 0 atom stereocenters. The number of benzene rings is 2. The first-order valence-corrected chi connectivity index (χ1v) is 7.73. The molecule has 0 saturated heterocycles. The molecular weight excluding hydrogens is 333 g/mol. The minimum atomic E-state index is -0.286. The second kappa shape index (κ2) is 7.05. The van der Waals surface area contributed by atoms with Gasteiger partial charge in [-0.3, -0.25) is 0 Å². The van der Waals surface area contributed by atoms with Gasteiger partial charge >= 0.3 is 0 Å². The van der Waals surface area contributed by atoms with E-state index in [1.54, 1.807) is 0 Å². The van der Waals surface area contributed by atoms with Crippen LogP contribution in [0.1, 0.15) is 23.6 Å². The molecular formula is C17H19BrFNO. The lowest BCUT2D eigenvalue weighted by Gasteiger charge is -2.11. The highest BCUT2D eigenvalue weighted by Crippen LogP contribution is 2.30. The molecule has 112 valence electrons. The standard InChI is InChI=1S/C17H19BrFNO/c1-4-20-10-13-7-14(19)9-16(8-13)21-15-5-11(2)17(18)12(3)6-15/h5-9,20H,4,10H2,1-3H3. The molecule has 0 heterocycles. The average Bonchev–Trinajstić information content (AvgIpc) is 2.42. The zero-order valence-electron chi connectivity index (χ0n) is 12.5. The van der Waals surface area contributed by atoms with Crippen LogP contribution in [0.3, 0.4) is 0 Å². The van der Waals surface area contributed by atoms with Gasteiger partial charge in [-0.2, -0.15) is 0 Å². The maximum Gasteiger partial charge on any atom is 0.130 e. The Morgan fingerprint density at radius 3 is 2.29 bits per heavy atom. The second-order valence-corrected chi connectivity index (χ2v) is 5.84. The van der Waals surface area contributed by atoms with Gasteiger partial charge in [0.05, 0.1) is 0 Å². The molecule has 0 unspecified atom stereocenters. The van der Waals surface area contributed by atoms with Gasteiger partial charge in [-0.15, -0.1) is 0 Å². The summed E-state index contributed by atoms with van der Waals surface area (Å²) < 4.78 is 20.5. The molecule has 0 fully saturated rings. The molecule has 0 aromatic heterocycles. The molecule has 4 heteroatoms. The van der Waals surface area contributed by atoms with Gasteiger partial charge in [0.15, 0.2) is 0 Å². The quantitative estimate of drug-likeness (QED) is 0.808. The van der Waals surface area contributed by atoms with Crippen molar-refractivity contribution >= 4 is 15.9 Å². The van der Waals surface area contributed by atoms with E-state index in [1.807, 2.05) is 39.0 Å². The SMILES string of the molecule is CCNCc1cc(F)cc(Oc2cc(C)c(Br)c(C)c2)c1. The van der Waals surface area contributed by atoms with Crippen LogP contribution in [-0.4, -0.2) is 6.54 Å². The fourth-order valence-corrected chi connectivity index (χ4v) is 2.38. The van der Waals surface area contributed by atoms with Gasteiger partial charge in [-0.25, -0.2) is 4.39 Å². The summed E-state index contributed by atoms with van der Waals surface area (Å²) >= 11 is 3.53. The van der Waals surface area contributed by atoms with E-state index < -0.39 is 0 Å². The monoisotopic (exact) mass is 351 g/mol. The zero-order valence-corrected chi connectivity index (χ0v) is 14.1. The van der Waals surface area contributed by atoms with Gasteiger partial charge in [0, 0.05) is 17.1 Å². The third-order valence-corrected chi connectivity index (χ3v) is 4.41. The van der Waals surface area contributed by atoms with Crippen molar-refractivity contribution in [3.63, 3.8) is 0 Å². The molecule has 2 nitrogen and oxygen atoms in total. The lowest BCUT2D eigenvalue weighted by atomic mass is 10.1. The van der Waals surface area contributed by atoms with Crippen molar-refractivity contribution in [2.45, 2.75) is 27.3 Å². The van der Waals surface area contributed by atoms with Crippen molar-refractivity contribution in [2.75, 3.05) is 6.54 Å². The van der Waals surface area contributed by atoms with Crippen LogP contribution in [0.15, 0.2) is 34.8 Å². The van der Waals surface area contributed by atoms with Gasteiger partial charge in [-0.1, -0.05) is 22.9 Å². The smallest absolute Gasteiger partial charge is 0.130 e. The van der Waals surface area contributed by atoms with Crippen LogP contribution in [0.4, 0.5) is 4.39 Å². The van der Waals surface area contributed by atoms with Crippen LogP contribution in [-0.2, 0) is 6.54 Å². The summed E-state index contributed by atoms with van der Waals surface area (Å²) in [6, 6.07) is 8.66. The Balaban J connectivity index is 2.24. The fourth-order valence-electron chi connectivity index (χ4n) is 2.15. The molecule has 0 spiro atoms. The van der Waals surface area contributed by atoms with E-state index in [9.17, 15) is 4.39 Å². The highest BCUT2D eigenvalue weighted by molar-refractivity contribution is 9.10. The molecule has 0 aliphatic carbocycles. The van der Waals surface area contributed by atoms with E-state index in [1.165, 1.54) is 12.1 Å². The van der Waals surface area contributed by atoms with E-state index in [4.69, 9.17) is 4.74 Å². The molecule has 0 aliphatic rings. The number of hydrogen-bond acceptors (Lipinski definition) is 2. The molecule has 2 rings (SSSR count). The fraction of sp³-hybridized carbons (Fsp3) is 0.294.